The normalized spacial score (nSPS) is 23.7. The van der Waals surface area contributed by atoms with Crippen molar-refractivity contribution in [2.45, 2.75) is 70.7 Å². The molecular formula is C16H27N5O4Si. The number of hydrogen-bond acceptors (Lipinski definition) is 5. The minimum absolute atomic E-state index is 0.0134. The van der Waals surface area contributed by atoms with Crippen molar-refractivity contribution in [3.63, 3.8) is 0 Å². The van der Waals surface area contributed by atoms with Crippen molar-refractivity contribution in [2.75, 3.05) is 6.54 Å². The fraction of sp³-hybridized carbons (Fsp3) is 0.750. The molecule has 9 nitrogen and oxygen atoms in total. The number of rotatable bonds is 5. The molecule has 2 heterocycles. The van der Waals surface area contributed by atoms with Crippen LogP contribution in [0.2, 0.25) is 18.1 Å². The molecule has 3 unspecified atom stereocenters. The van der Waals surface area contributed by atoms with Crippen LogP contribution < -0.4 is 11.2 Å². The Morgan fingerprint density at radius 2 is 2.12 bits per heavy atom. The van der Waals surface area contributed by atoms with Crippen LogP contribution in [0.4, 0.5) is 0 Å². The van der Waals surface area contributed by atoms with Crippen molar-refractivity contribution < 1.29 is 9.16 Å². The van der Waals surface area contributed by atoms with Crippen LogP contribution in [0.1, 0.15) is 39.0 Å². The summed E-state index contributed by atoms with van der Waals surface area (Å²) < 4.78 is 13.8. The van der Waals surface area contributed by atoms with Crippen LogP contribution in [0, 0.1) is 6.92 Å². The van der Waals surface area contributed by atoms with Crippen molar-refractivity contribution in [3.05, 3.63) is 43.0 Å². The van der Waals surface area contributed by atoms with Gasteiger partial charge in [0.2, 0.25) is 0 Å². The topological polar surface area (TPSA) is 122 Å². The summed E-state index contributed by atoms with van der Waals surface area (Å²) in [5.41, 5.74) is 8.13. The summed E-state index contributed by atoms with van der Waals surface area (Å²) in [7, 11) is -2.07. The fourth-order valence-electron chi connectivity index (χ4n) is 2.63. The van der Waals surface area contributed by atoms with Gasteiger partial charge in [0.25, 0.3) is 5.56 Å². The summed E-state index contributed by atoms with van der Waals surface area (Å²) in [4.78, 5) is 28.8. The number of aryl methyl sites for hydroxylation is 1. The maximum Gasteiger partial charge on any atom is 0.330 e. The number of nitrogens with one attached hydrogen (secondary N) is 1. The van der Waals surface area contributed by atoms with Gasteiger partial charge in [-0.05, 0) is 30.6 Å². The highest BCUT2D eigenvalue weighted by molar-refractivity contribution is 6.74. The monoisotopic (exact) mass is 381 g/mol. The smallest absolute Gasteiger partial charge is 0.330 e. The van der Waals surface area contributed by atoms with Crippen molar-refractivity contribution in [2.24, 2.45) is 5.11 Å². The molecule has 3 atom stereocenters. The van der Waals surface area contributed by atoms with E-state index in [0.717, 1.165) is 0 Å². The first-order valence-electron chi connectivity index (χ1n) is 8.62. The van der Waals surface area contributed by atoms with Gasteiger partial charge in [0.05, 0.1) is 18.8 Å². The van der Waals surface area contributed by atoms with Crippen LogP contribution in [0.15, 0.2) is 20.9 Å². The predicted octanol–water partition coefficient (Wildman–Crippen LogP) is 2.83. The molecule has 0 radical (unpaired) electrons. The molecule has 1 aromatic heterocycles. The first kappa shape index (κ1) is 20.4. The van der Waals surface area contributed by atoms with E-state index in [4.69, 9.17) is 14.7 Å². The second kappa shape index (κ2) is 7.40. The zero-order valence-electron chi connectivity index (χ0n) is 16.1. The van der Waals surface area contributed by atoms with E-state index in [-0.39, 0.29) is 17.7 Å². The van der Waals surface area contributed by atoms with Crippen molar-refractivity contribution in [1.82, 2.24) is 9.55 Å². The Kier molecular flexibility index (Phi) is 5.81. The third kappa shape index (κ3) is 4.26. The Balaban J connectivity index is 2.31. The molecule has 1 N–H and O–H groups in total. The molecule has 0 aromatic carbocycles. The molecule has 1 aromatic rings. The molecule has 26 heavy (non-hydrogen) atoms. The highest BCUT2D eigenvalue weighted by Crippen LogP contribution is 2.40. The second-order valence-corrected chi connectivity index (χ2v) is 12.9. The third-order valence-electron chi connectivity index (χ3n) is 5.21. The van der Waals surface area contributed by atoms with E-state index in [0.29, 0.717) is 12.0 Å². The third-order valence-corrected chi connectivity index (χ3v) is 9.72. The quantitative estimate of drug-likeness (QED) is 0.364. The van der Waals surface area contributed by atoms with Crippen LogP contribution in [0.5, 0.6) is 0 Å². The van der Waals surface area contributed by atoms with E-state index in [9.17, 15) is 9.59 Å². The predicted molar refractivity (Wildman–Crippen MR) is 101 cm³/mol. The first-order chi connectivity index (χ1) is 12.0. The van der Waals surface area contributed by atoms with Gasteiger partial charge in [-0.1, -0.05) is 25.9 Å². The first-order valence-corrected chi connectivity index (χ1v) is 11.5. The lowest BCUT2D eigenvalue weighted by molar-refractivity contribution is -0.0132. The summed E-state index contributed by atoms with van der Waals surface area (Å²) in [5.74, 6) is 0. The lowest BCUT2D eigenvalue weighted by atomic mass is 10.2. The van der Waals surface area contributed by atoms with Crippen molar-refractivity contribution in [1.29, 1.82) is 0 Å². The van der Waals surface area contributed by atoms with Gasteiger partial charge < -0.3 is 9.16 Å². The van der Waals surface area contributed by atoms with Gasteiger partial charge in [-0.2, -0.15) is 0 Å². The average molecular weight is 382 g/mol. The summed E-state index contributed by atoms with van der Waals surface area (Å²) in [6.07, 6.45) is 0.635. The zero-order valence-corrected chi connectivity index (χ0v) is 17.1. The lowest BCUT2D eigenvalue weighted by Crippen LogP contribution is -2.46. The Labute approximate surface area is 153 Å². The molecule has 10 heteroatoms. The van der Waals surface area contributed by atoms with E-state index in [2.05, 4.69) is 48.9 Å². The van der Waals surface area contributed by atoms with Gasteiger partial charge >= 0.3 is 5.69 Å². The van der Waals surface area contributed by atoms with Crippen LogP contribution >= 0.6 is 0 Å². The maximum absolute atomic E-state index is 12.2. The average Bonchev–Trinajstić information content (AvgIpc) is 2.89. The molecule has 1 fully saturated rings. The van der Waals surface area contributed by atoms with E-state index >= 15 is 0 Å². The molecule has 2 rings (SSSR count). The Hall–Kier alpha value is -1.87. The lowest BCUT2D eigenvalue weighted by Gasteiger charge is -2.39. The summed E-state index contributed by atoms with van der Waals surface area (Å²) >= 11 is 0. The number of hydrogen-bond donors (Lipinski definition) is 1. The van der Waals surface area contributed by atoms with Gasteiger partial charge in [-0.25, -0.2) is 4.79 Å². The van der Waals surface area contributed by atoms with Crippen LogP contribution in [0.25, 0.3) is 10.4 Å². The standard InChI is InChI=1S/C16H27N5O4Si/c1-10-9-21(15(23)19-14(10)22)13-7-11(12(24-13)8-18-20-17)25-26(5,6)16(2,3)4/h9,11-13H,7-8H2,1-6H3,(H,19,22,23). The van der Waals surface area contributed by atoms with Crippen molar-refractivity contribution >= 4 is 8.32 Å². The summed E-state index contributed by atoms with van der Waals surface area (Å²) in [6.45, 7) is 12.5. The van der Waals surface area contributed by atoms with E-state index in [1.807, 2.05) is 0 Å². The van der Waals surface area contributed by atoms with Gasteiger partial charge in [0.15, 0.2) is 8.32 Å². The van der Waals surface area contributed by atoms with Gasteiger partial charge in [0.1, 0.15) is 6.23 Å². The molecule has 0 bridgehead atoms. The molecule has 0 aliphatic carbocycles. The van der Waals surface area contributed by atoms with Gasteiger partial charge in [0, 0.05) is 23.1 Å². The summed E-state index contributed by atoms with van der Waals surface area (Å²) in [5, 5.41) is 3.64. The zero-order chi connectivity index (χ0) is 19.7. The fourth-order valence-corrected chi connectivity index (χ4v) is 3.99. The molecular weight excluding hydrogens is 354 g/mol. The largest absolute Gasteiger partial charge is 0.411 e. The van der Waals surface area contributed by atoms with E-state index in [1.54, 1.807) is 6.92 Å². The molecule has 0 amide bonds. The highest BCUT2D eigenvalue weighted by atomic mass is 28.4. The highest BCUT2D eigenvalue weighted by Gasteiger charge is 2.45. The SMILES string of the molecule is Cc1cn(C2CC(O[Si](C)(C)C(C)(C)C)C(CN=[N+]=[N-])O2)c(=O)[nH]c1=O. The van der Waals surface area contributed by atoms with Crippen molar-refractivity contribution in [3.8, 4) is 0 Å². The minimum atomic E-state index is -2.07. The molecule has 0 spiro atoms. The van der Waals surface area contributed by atoms with Crippen LogP contribution in [-0.2, 0) is 9.16 Å². The molecule has 0 saturated carbocycles. The number of aromatic amines is 1. The molecule has 1 aliphatic rings. The molecule has 1 aliphatic heterocycles. The maximum atomic E-state index is 12.2. The number of H-pyrrole nitrogens is 1. The number of nitrogens with zero attached hydrogens (tertiary/aromatic N) is 4. The van der Waals surface area contributed by atoms with E-state index in [1.165, 1.54) is 10.8 Å². The number of azide groups is 1. The number of ether oxygens (including phenoxy) is 1. The van der Waals surface area contributed by atoms with E-state index < -0.39 is 31.9 Å². The van der Waals surface area contributed by atoms with Gasteiger partial charge in [-0.3, -0.25) is 14.3 Å². The Morgan fingerprint density at radius 3 is 2.69 bits per heavy atom. The summed E-state index contributed by atoms with van der Waals surface area (Å²) in [6, 6.07) is 0. The minimum Gasteiger partial charge on any atom is -0.411 e. The van der Waals surface area contributed by atoms with Crippen LogP contribution in [0.3, 0.4) is 0 Å². The second-order valence-electron chi connectivity index (χ2n) is 8.17. The Morgan fingerprint density at radius 1 is 1.46 bits per heavy atom. The van der Waals surface area contributed by atoms with Gasteiger partial charge in [-0.15, -0.1) is 0 Å². The van der Waals surface area contributed by atoms with Crippen LogP contribution in [-0.4, -0.2) is 36.6 Å². The molecule has 1 saturated heterocycles. The molecule has 144 valence electrons. The Bertz CT molecular complexity index is 819. The number of aromatic nitrogens is 2.